The number of hydrogen-bond acceptors (Lipinski definition) is 6. The van der Waals surface area contributed by atoms with Gasteiger partial charge in [-0.2, -0.15) is 0 Å². The second kappa shape index (κ2) is 8.44. The van der Waals surface area contributed by atoms with Gasteiger partial charge in [0.1, 0.15) is 19.1 Å². The van der Waals surface area contributed by atoms with Crippen molar-refractivity contribution in [2.45, 2.75) is 23.9 Å². The van der Waals surface area contributed by atoms with E-state index in [-0.39, 0.29) is 22.7 Å². The number of morpholine rings is 1. The van der Waals surface area contributed by atoms with Crippen LogP contribution in [0.4, 0.5) is 5.69 Å². The highest BCUT2D eigenvalue weighted by Crippen LogP contribution is 2.22. The molecule has 146 valence electrons. The third-order valence-electron chi connectivity index (χ3n) is 4.62. The molecule has 2 heterocycles. The average Bonchev–Trinajstić information content (AvgIpc) is 3.16. The first-order valence-corrected chi connectivity index (χ1v) is 11.0. The molecule has 0 aliphatic carbocycles. The first kappa shape index (κ1) is 19.9. The number of hydrogen-bond donors (Lipinski definition) is 2. The Morgan fingerprint density at radius 2 is 1.89 bits per heavy atom. The number of rotatable bonds is 7. The molecule has 1 fully saturated rings. The van der Waals surface area contributed by atoms with Crippen molar-refractivity contribution >= 4 is 27.0 Å². The van der Waals surface area contributed by atoms with E-state index < -0.39 is 14.9 Å². The lowest BCUT2D eigenvalue weighted by Gasteiger charge is -2.34. The van der Waals surface area contributed by atoms with Gasteiger partial charge in [0.25, 0.3) is 5.69 Å². The summed E-state index contributed by atoms with van der Waals surface area (Å²) in [6.07, 6.45) is 0. The fourth-order valence-electron chi connectivity index (χ4n) is 3.34. The van der Waals surface area contributed by atoms with E-state index in [0.717, 1.165) is 18.0 Å². The van der Waals surface area contributed by atoms with Crippen LogP contribution in [0, 0.1) is 10.1 Å². The van der Waals surface area contributed by atoms with Crippen molar-refractivity contribution in [1.82, 2.24) is 4.72 Å². The molecule has 3 rings (SSSR count). The lowest BCUT2D eigenvalue weighted by molar-refractivity contribution is -0.939. The van der Waals surface area contributed by atoms with Gasteiger partial charge in [-0.1, -0.05) is 6.07 Å². The monoisotopic (exact) mass is 412 g/mol. The van der Waals surface area contributed by atoms with Gasteiger partial charge in [-0.25, -0.2) is 13.1 Å². The van der Waals surface area contributed by atoms with E-state index in [1.807, 2.05) is 24.4 Å². The van der Waals surface area contributed by atoms with Gasteiger partial charge in [0, 0.05) is 12.1 Å². The molecule has 1 aromatic heterocycles. The summed E-state index contributed by atoms with van der Waals surface area (Å²) in [4.78, 5) is 12.6. The van der Waals surface area contributed by atoms with Gasteiger partial charge in [0.2, 0.25) is 10.0 Å². The van der Waals surface area contributed by atoms with E-state index in [1.165, 1.54) is 29.2 Å². The Morgan fingerprint density at radius 1 is 1.22 bits per heavy atom. The molecule has 0 bridgehead atoms. The standard InChI is InChI=1S/C17H21N3O5S2/c1-13(17(16-3-2-12-26-16)19-8-10-25-11-9-19)18-27(23,24)15-6-4-14(5-7-15)20(21)22/h2-7,12-13,17-18H,8-11H2,1H3/p+1/t13-,17-/m1/s1. The van der Waals surface area contributed by atoms with Gasteiger partial charge in [0.15, 0.2) is 0 Å². The molecule has 2 aromatic rings. The molecule has 10 heteroatoms. The van der Waals surface area contributed by atoms with Gasteiger partial charge >= 0.3 is 0 Å². The maximum absolute atomic E-state index is 12.8. The summed E-state index contributed by atoms with van der Waals surface area (Å²) in [5.74, 6) is 0. The summed E-state index contributed by atoms with van der Waals surface area (Å²) in [6.45, 7) is 4.78. The topological polar surface area (TPSA) is 103 Å². The Balaban J connectivity index is 1.81. The zero-order valence-electron chi connectivity index (χ0n) is 14.8. The second-order valence-electron chi connectivity index (χ2n) is 6.42. The Bertz CT molecular complexity index is 862. The minimum absolute atomic E-state index is 0.0156. The molecule has 1 aliphatic heterocycles. The van der Waals surface area contributed by atoms with Crippen molar-refractivity contribution < 1.29 is 23.0 Å². The molecule has 0 unspecified atom stereocenters. The third-order valence-corrected chi connectivity index (χ3v) is 7.15. The third kappa shape index (κ3) is 4.71. The van der Waals surface area contributed by atoms with Crippen molar-refractivity contribution in [3.05, 3.63) is 56.8 Å². The van der Waals surface area contributed by atoms with Crippen LogP contribution < -0.4 is 9.62 Å². The highest BCUT2D eigenvalue weighted by atomic mass is 32.2. The molecular weight excluding hydrogens is 390 g/mol. The predicted octanol–water partition coefficient (Wildman–Crippen LogP) is 0.979. The van der Waals surface area contributed by atoms with Crippen molar-refractivity contribution in [1.29, 1.82) is 0 Å². The largest absolute Gasteiger partial charge is 0.370 e. The molecular formula is C17H22N3O5S2+. The number of nitrogens with zero attached hydrogens (tertiary/aromatic N) is 1. The highest BCUT2D eigenvalue weighted by molar-refractivity contribution is 7.89. The van der Waals surface area contributed by atoms with Crippen LogP contribution in [0.1, 0.15) is 17.8 Å². The molecule has 8 nitrogen and oxygen atoms in total. The van der Waals surface area contributed by atoms with Crippen LogP contribution >= 0.6 is 11.3 Å². The Hall–Kier alpha value is -1.85. The van der Waals surface area contributed by atoms with Crippen molar-refractivity contribution in [3.63, 3.8) is 0 Å². The molecule has 1 saturated heterocycles. The van der Waals surface area contributed by atoms with Crippen molar-refractivity contribution in [2.75, 3.05) is 26.3 Å². The van der Waals surface area contributed by atoms with Gasteiger partial charge in [0.05, 0.1) is 34.0 Å². The summed E-state index contributed by atoms with van der Waals surface area (Å²) in [7, 11) is -3.79. The fraction of sp³-hybridized carbons (Fsp3) is 0.412. The molecule has 0 amide bonds. The number of ether oxygens (including phenoxy) is 1. The van der Waals surface area contributed by atoms with Gasteiger partial charge in [-0.3, -0.25) is 10.1 Å². The maximum Gasteiger partial charge on any atom is 0.269 e. The van der Waals surface area contributed by atoms with E-state index in [0.29, 0.717) is 13.2 Å². The van der Waals surface area contributed by atoms with Crippen LogP contribution in [-0.4, -0.2) is 45.7 Å². The average molecular weight is 413 g/mol. The molecule has 27 heavy (non-hydrogen) atoms. The summed E-state index contributed by atoms with van der Waals surface area (Å²) in [5, 5.41) is 12.7. The smallest absolute Gasteiger partial charge is 0.269 e. The minimum Gasteiger partial charge on any atom is -0.370 e. The number of non-ortho nitro benzene ring substituents is 1. The highest BCUT2D eigenvalue weighted by Gasteiger charge is 2.34. The van der Waals surface area contributed by atoms with Crippen LogP contribution in [0.15, 0.2) is 46.7 Å². The summed E-state index contributed by atoms with van der Waals surface area (Å²) in [5.41, 5.74) is -0.142. The fourth-order valence-corrected chi connectivity index (χ4v) is 5.59. The van der Waals surface area contributed by atoms with Crippen LogP contribution in [0.2, 0.25) is 0 Å². The normalized spacial score (nSPS) is 18.1. The predicted molar refractivity (Wildman–Crippen MR) is 101 cm³/mol. The number of nitrogens with one attached hydrogen (secondary N) is 2. The van der Waals surface area contributed by atoms with Crippen LogP contribution in [0.3, 0.4) is 0 Å². The van der Waals surface area contributed by atoms with E-state index >= 15 is 0 Å². The number of quaternary nitrogens is 1. The van der Waals surface area contributed by atoms with Gasteiger partial charge in [-0.05, 0) is 30.5 Å². The van der Waals surface area contributed by atoms with Gasteiger partial charge < -0.3 is 9.64 Å². The number of sulfonamides is 1. The first-order valence-electron chi connectivity index (χ1n) is 8.61. The maximum atomic E-state index is 12.8. The van der Waals surface area contributed by atoms with E-state index in [1.54, 1.807) is 11.3 Å². The van der Waals surface area contributed by atoms with E-state index in [2.05, 4.69) is 4.72 Å². The minimum atomic E-state index is -3.79. The number of nitro groups is 1. The lowest BCUT2D eigenvalue weighted by atomic mass is 10.1. The lowest BCUT2D eigenvalue weighted by Crippen LogP contribution is -3.15. The molecule has 2 atom stereocenters. The van der Waals surface area contributed by atoms with Crippen LogP contribution in [-0.2, 0) is 14.8 Å². The van der Waals surface area contributed by atoms with Crippen LogP contribution in [0.5, 0.6) is 0 Å². The van der Waals surface area contributed by atoms with E-state index in [4.69, 9.17) is 4.74 Å². The Labute approximate surface area is 162 Å². The SMILES string of the molecule is C[C@@H](NS(=O)(=O)c1ccc([N+](=O)[O-])cc1)[C@H](c1cccs1)[NH+]1CCOCC1. The molecule has 0 saturated carbocycles. The number of nitro benzene ring substituents is 1. The molecule has 2 N–H and O–H groups in total. The van der Waals surface area contributed by atoms with Crippen LogP contribution in [0.25, 0.3) is 0 Å². The first-order chi connectivity index (χ1) is 12.9. The number of benzene rings is 1. The molecule has 0 radical (unpaired) electrons. The Morgan fingerprint density at radius 3 is 2.44 bits per heavy atom. The quantitative estimate of drug-likeness (QED) is 0.521. The second-order valence-corrected chi connectivity index (χ2v) is 9.12. The summed E-state index contributed by atoms with van der Waals surface area (Å²) >= 11 is 1.61. The molecule has 1 aromatic carbocycles. The van der Waals surface area contributed by atoms with Crippen molar-refractivity contribution in [2.24, 2.45) is 0 Å². The Kier molecular flexibility index (Phi) is 6.22. The summed E-state index contributed by atoms with van der Waals surface area (Å²) < 4.78 is 33.7. The molecule has 1 aliphatic rings. The zero-order chi connectivity index (χ0) is 19.4. The summed E-state index contributed by atoms with van der Waals surface area (Å²) in [6, 6.07) is 8.52. The van der Waals surface area contributed by atoms with E-state index in [9.17, 15) is 18.5 Å². The number of thiophene rings is 1. The zero-order valence-corrected chi connectivity index (χ0v) is 16.5. The van der Waals surface area contributed by atoms with Gasteiger partial charge in [-0.15, -0.1) is 11.3 Å². The van der Waals surface area contributed by atoms with Crippen molar-refractivity contribution in [3.8, 4) is 0 Å². The molecule has 0 spiro atoms.